The van der Waals surface area contributed by atoms with E-state index in [4.69, 9.17) is 0 Å². The van der Waals surface area contributed by atoms with Gasteiger partial charge in [0.05, 0.1) is 23.6 Å². The molecule has 20 heavy (non-hydrogen) atoms. The van der Waals surface area contributed by atoms with E-state index in [2.05, 4.69) is 22.1 Å². The minimum absolute atomic E-state index is 0.0574. The lowest BCUT2D eigenvalue weighted by Crippen LogP contribution is -2.34. The fourth-order valence-corrected chi connectivity index (χ4v) is 3.39. The Morgan fingerprint density at radius 1 is 1.60 bits per heavy atom. The summed E-state index contributed by atoms with van der Waals surface area (Å²) >= 11 is 0. The highest BCUT2D eigenvalue weighted by molar-refractivity contribution is 7.91. The summed E-state index contributed by atoms with van der Waals surface area (Å²) in [5.74, 6) is -0.464. The van der Waals surface area contributed by atoms with Crippen LogP contribution in [0, 0.1) is 0 Å². The molecular formula is C13H19N3O3S. The first-order valence-electron chi connectivity index (χ1n) is 6.64. The van der Waals surface area contributed by atoms with Crippen molar-refractivity contribution < 1.29 is 13.2 Å². The van der Waals surface area contributed by atoms with Crippen molar-refractivity contribution in [3.63, 3.8) is 0 Å². The Labute approximate surface area is 118 Å². The number of nitrogens with zero attached hydrogens (tertiary/aromatic N) is 1. The topological polar surface area (TPSA) is 91.9 Å². The Bertz CT molecular complexity index is 592. The predicted octanol–water partition coefficient (Wildman–Crippen LogP) is 0.547. The van der Waals surface area contributed by atoms with Gasteiger partial charge >= 0.3 is 0 Å². The number of sulfone groups is 1. The molecule has 0 fully saturated rings. The van der Waals surface area contributed by atoms with E-state index in [0.29, 0.717) is 0 Å². The third-order valence-electron chi connectivity index (χ3n) is 3.45. The van der Waals surface area contributed by atoms with E-state index in [1.807, 2.05) is 0 Å². The monoisotopic (exact) mass is 297 g/mol. The summed E-state index contributed by atoms with van der Waals surface area (Å²) in [6.45, 7) is 3.54. The van der Waals surface area contributed by atoms with Crippen molar-refractivity contribution in [3.8, 4) is 0 Å². The lowest BCUT2D eigenvalue weighted by atomic mass is 9.86. The van der Waals surface area contributed by atoms with Gasteiger partial charge in [-0.1, -0.05) is 6.08 Å². The van der Waals surface area contributed by atoms with E-state index in [1.54, 1.807) is 6.20 Å². The van der Waals surface area contributed by atoms with Crippen LogP contribution in [0.2, 0.25) is 0 Å². The van der Waals surface area contributed by atoms with E-state index < -0.39 is 9.84 Å². The van der Waals surface area contributed by atoms with Crippen molar-refractivity contribution in [1.29, 1.82) is 0 Å². The predicted molar refractivity (Wildman–Crippen MR) is 76.1 cm³/mol. The molecule has 2 N–H and O–H groups in total. The molecule has 1 heterocycles. The molecule has 0 aromatic carbocycles. The minimum atomic E-state index is -3.16. The van der Waals surface area contributed by atoms with Crippen molar-refractivity contribution in [2.75, 3.05) is 18.1 Å². The molecule has 0 aliphatic heterocycles. The summed E-state index contributed by atoms with van der Waals surface area (Å²) < 4.78 is 23.0. The average molecular weight is 297 g/mol. The summed E-state index contributed by atoms with van der Waals surface area (Å²) in [6.07, 6.45) is 5.66. The lowest BCUT2D eigenvalue weighted by Gasteiger charge is -2.21. The van der Waals surface area contributed by atoms with Gasteiger partial charge in [-0.2, -0.15) is 5.10 Å². The second-order valence-electron chi connectivity index (χ2n) is 4.94. The maximum Gasteiger partial charge on any atom is 0.227 e. The number of fused-ring (bicyclic) bond motifs is 1. The molecule has 110 valence electrons. The molecule has 0 bridgehead atoms. The van der Waals surface area contributed by atoms with Crippen LogP contribution in [-0.2, 0) is 21.1 Å². The van der Waals surface area contributed by atoms with Crippen LogP contribution in [0.3, 0.4) is 0 Å². The number of carbonyl (C=O) groups excluding carboxylic acids is 1. The maximum absolute atomic E-state index is 12.1. The van der Waals surface area contributed by atoms with Gasteiger partial charge in [-0.25, -0.2) is 8.42 Å². The standard InChI is InChI=1S/C13H19N3O3S/c1-2-7-20(18,19)8-6-14-13(17)10-4-3-5-12-11(10)9-15-16-12/h2,9-10H,1,3-8H2,(H,14,17)(H,15,16). The van der Waals surface area contributed by atoms with Gasteiger partial charge in [0, 0.05) is 17.8 Å². The fraction of sp³-hybridized carbons (Fsp3) is 0.538. The number of aromatic nitrogens is 2. The zero-order valence-electron chi connectivity index (χ0n) is 11.3. The van der Waals surface area contributed by atoms with Crippen LogP contribution in [0.15, 0.2) is 18.9 Å². The van der Waals surface area contributed by atoms with Crippen LogP contribution < -0.4 is 5.32 Å². The van der Waals surface area contributed by atoms with Gasteiger partial charge in [0.2, 0.25) is 5.91 Å². The minimum Gasteiger partial charge on any atom is -0.355 e. The molecule has 6 nitrogen and oxygen atoms in total. The molecule has 1 aromatic heterocycles. The van der Waals surface area contributed by atoms with E-state index in [-0.39, 0.29) is 29.9 Å². The number of aromatic amines is 1. The van der Waals surface area contributed by atoms with Crippen molar-refractivity contribution in [1.82, 2.24) is 15.5 Å². The van der Waals surface area contributed by atoms with Gasteiger partial charge in [-0.15, -0.1) is 6.58 Å². The maximum atomic E-state index is 12.1. The zero-order valence-corrected chi connectivity index (χ0v) is 12.1. The summed E-state index contributed by atoms with van der Waals surface area (Å²) in [4.78, 5) is 12.1. The summed E-state index contributed by atoms with van der Waals surface area (Å²) in [7, 11) is -3.16. The number of aryl methyl sites for hydroxylation is 1. The number of rotatable bonds is 6. The van der Waals surface area contributed by atoms with Crippen molar-refractivity contribution in [3.05, 3.63) is 30.1 Å². The zero-order chi connectivity index (χ0) is 14.6. The summed E-state index contributed by atoms with van der Waals surface area (Å²) in [5.41, 5.74) is 1.94. The third-order valence-corrected chi connectivity index (χ3v) is 5.02. The second kappa shape index (κ2) is 6.21. The molecule has 2 rings (SSSR count). The molecule has 1 aliphatic rings. The Hall–Kier alpha value is -1.63. The molecule has 1 unspecified atom stereocenters. The van der Waals surface area contributed by atoms with Gasteiger partial charge in [0.25, 0.3) is 0 Å². The van der Waals surface area contributed by atoms with Crippen molar-refractivity contribution in [2.24, 2.45) is 0 Å². The SMILES string of the molecule is C=CCS(=O)(=O)CCNC(=O)C1CCCc2[nH]ncc21. The fourth-order valence-electron chi connectivity index (χ4n) is 2.45. The first kappa shape index (κ1) is 14.8. The molecule has 0 radical (unpaired) electrons. The van der Waals surface area contributed by atoms with Crippen molar-refractivity contribution >= 4 is 15.7 Å². The van der Waals surface area contributed by atoms with E-state index in [0.717, 1.165) is 30.5 Å². The van der Waals surface area contributed by atoms with E-state index >= 15 is 0 Å². The first-order valence-corrected chi connectivity index (χ1v) is 8.47. The number of hydrogen-bond donors (Lipinski definition) is 2. The molecule has 1 amide bonds. The van der Waals surface area contributed by atoms with Crippen LogP contribution in [0.5, 0.6) is 0 Å². The molecule has 0 spiro atoms. The Morgan fingerprint density at radius 3 is 3.15 bits per heavy atom. The first-order chi connectivity index (χ1) is 9.53. The van der Waals surface area contributed by atoms with Crippen LogP contribution in [0.1, 0.15) is 30.0 Å². The highest BCUT2D eigenvalue weighted by Gasteiger charge is 2.27. The third kappa shape index (κ3) is 3.47. The Balaban J connectivity index is 1.90. The number of hydrogen-bond acceptors (Lipinski definition) is 4. The largest absolute Gasteiger partial charge is 0.355 e. The average Bonchev–Trinajstić information content (AvgIpc) is 2.86. The number of carbonyl (C=O) groups is 1. The van der Waals surface area contributed by atoms with Gasteiger partial charge in [0.15, 0.2) is 9.84 Å². The second-order valence-corrected chi connectivity index (χ2v) is 7.17. The number of amides is 1. The molecule has 0 saturated heterocycles. The molecule has 0 saturated carbocycles. The van der Waals surface area contributed by atoms with Crippen LogP contribution in [-0.4, -0.2) is 42.6 Å². The molecule has 1 atom stereocenters. The smallest absolute Gasteiger partial charge is 0.227 e. The van der Waals surface area contributed by atoms with Gasteiger partial charge in [0.1, 0.15) is 0 Å². The van der Waals surface area contributed by atoms with Crippen LogP contribution in [0.25, 0.3) is 0 Å². The number of nitrogens with one attached hydrogen (secondary N) is 2. The van der Waals surface area contributed by atoms with Crippen LogP contribution >= 0.6 is 0 Å². The number of H-pyrrole nitrogens is 1. The van der Waals surface area contributed by atoms with Gasteiger partial charge in [-0.3, -0.25) is 9.89 Å². The van der Waals surface area contributed by atoms with Gasteiger partial charge < -0.3 is 5.32 Å². The van der Waals surface area contributed by atoms with Crippen LogP contribution in [0.4, 0.5) is 0 Å². The Kier molecular flexibility index (Phi) is 4.59. The van der Waals surface area contributed by atoms with Crippen molar-refractivity contribution in [2.45, 2.75) is 25.2 Å². The summed E-state index contributed by atoms with van der Waals surface area (Å²) in [5, 5.41) is 9.57. The lowest BCUT2D eigenvalue weighted by molar-refractivity contribution is -0.122. The summed E-state index contributed by atoms with van der Waals surface area (Å²) in [6, 6.07) is 0. The quantitative estimate of drug-likeness (QED) is 0.750. The highest BCUT2D eigenvalue weighted by atomic mass is 32.2. The van der Waals surface area contributed by atoms with E-state index in [9.17, 15) is 13.2 Å². The van der Waals surface area contributed by atoms with E-state index in [1.165, 1.54) is 6.08 Å². The van der Waals surface area contributed by atoms with Gasteiger partial charge in [-0.05, 0) is 19.3 Å². The normalized spacial score (nSPS) is 18.3. The Morgan fingerprint density at radius 2 is 2.40 bits per heavy atom. The molecule has 1 aromatic rings. The molecule has 7 heteroatoms. The molecule has 1 aliphatic carbocycles. The highest BCUT2D eigenvalue weighted by Crippen LogP contribution is 2.30. The molecular weight excluding hydrogens is 278 g/mol.